The molecule has 1 aliphatic rings. The van der Waals surface area contributed by atoms with Crippen LogP contribution in [-0.4, -0.2) is 54.3 Å². The zero-order valence-corrected chi connectivity index (χ0v) is 19.2. The lowest BCUT2D eigenvalue weighted by atomic mass is 10.1. The number of carbonyl (C=O) groups is 5. The fourth-order valence-electron chi connectivity index (χ4n) is 3.25. The summed E-state index contributed by atoms with van der Waals surface area (Å²) in [5.41, 5.74) is 1.27. The number of aryl methyl sites for hydroxylation is 1. The topological polar surface area (TPSA) is 119 Å². The van der Waals surface area contributed by atoms with Gasteiger partial charge in [0.2, 0.25) is 0 Å². The SMILES string of the molecule is C=CCN1C(=O)c2ccc(C(=O)OCC(=O)Nc3sc(C)c(C)c3C(=O)OCC)cc2C1=O. The number of amides is 3. The van der Waals surface area contributed by atoms with E-state index in [2.05, 4.69) is 11.9 Å². The van der Waals surface area contributed by atoms with E-state index in [0.717, 1.165) is 9.78 Å². The predicted molar refractivity (Wildman–Crippen MR) is 121 cm³/mol. The molecule has 10 heteroatoms. The van der Waals surface area contributed by atoms with Gasteiger partial charge in [0, 0.05) is 11.4 Å². The molecule has 2 heterocycles. The van der Waals surface area contributed by atoms with Crippen molar-refractivity contribution in [2.45, 2.75) is 20.8 Å². The molecule has 3 rings (SSSR count). The first-order chi connectivity index (χ1) is 15.7. The third-order valence-electron chi connectivity index (χ3n) is 4.97. The van der Waals surface area contributed by atoms with Gasteiger partial charge in [0.25, 0.3) is 17.7 Å². The molecule has 0 saturated heterocycles. The van der Waals surface area contributed by atoms with Gasteiger partial charge in [0.1, 0.15) is 5.00 Å². The molecule has 0 aliphatic carbocycles. The summed E-state index contributed by atoms with van der Waals surface area (Å²) in [7, 11) is 0. The van der Waals surface area contributed by atoms with Crippen LogP contribution in [0.2, 0.25) is 0 Å². The number of anilines is 1. The number of ether oxygens (including phenoxy) is 2. The quantitative estimate of drug-likeness (QED) is 0.358. The number of esters is 2. The van der Waals surface area contributed by atoms with E-state index in [0.29, 0.717) is 10.6 Å². The van der Waals surface area contributed by atoms with Crippen LogP contribution in [-0.2, 0) is 14.3 Å². The Labute approximate surface area is 194 Å². The largest absolute Gasteiger partial charge is 0.462 e. The number of nitrogens with one attached hydrogen (secondary N) is 1. The number of fused-ring (bicyclic) bond motifs is 1. The number of benzene rings is 1. The molecule has 1 aromatic heterocycles. The van der Waals surface area contributed by atoms with Crippen molar-refractivity contribution in [1.82, 2.24) is 4.90 Å². The van der Waals surface area contributed by atoms with Crippen molar-refractivity contribution in [3.05, 3.63) is 63.5 Å². The Bertz CT molecular complexity index is 1180. The summed E-state index contributed by atoms with van der Waals surface area (Å²) in [5.74, 6) is -3.01. The first kappa shape index (κ1) is 23.9. The summed E-state index contributed by atoms with van der Waals surface area (Å²) in [6.07, 6.45) is 1.43. The van der Waals surface area contributed by atoms with Gasteiger partial charge < -0.3 is 14.8 Å². The molecule has 1 aromatic carbocycles. The fraction of sp³-hybridized carbons (Fsp3) is 0.261. The smallest absolute Gasteiger partial charge is 0.341 e. The van der Waals surface area contributed by atoms with Crippen LogP contribution >= 0.6 is 11.3 Å². The third kappa shape index (κ3) is 4.70. The van der Waals surface area contributed by atoms with Gasteiger partial charge in [-0.15, -0.1) is 17.9 Å². The highest BCUT2D eigenvalue weighted by Crippen LogP contribution is 2.33. The number of thiophene rings is 1. The van der Waals surface area contributed by atoms with Gasteiger partial charge in [-0.05, 0) is 44.5 Å². The third-order valence-corrected chi connectivity index (χ3v) is 6.09. The molecular formula is C23H22N2O7S. The maximum Gasteiger partial charge on any atom is 0.341 e. The lowest BCUT2D eigenvalue weighted by molar-refractivity contribution is -0.119. The second kappa shape index (κ2) is 9.78. The van der Waals surface area contributed by atoms with Gasteiger partial charge in [-0.2, -0.15) is 0 Å². The second-order valence-corrected chi connectivity index (χ2v) is 8.33. The van der Waals surface area contributed by atoms with Crippen LogP contribution in [0.1, 0.15) is 58.8 Å². The van der Waals surface area contributed by atoms with Crippen LogP contribution in [0.15, 0.2) is 30.9 Å². The summed E-state index contributed by atoms with van der Waals surface area (Å²) >= 11 is 1.22. The van der Waals surface area contributed by atoms with Gasteiger partial charge in [0.15, 0.2) is 6.61 Å². The van der Waals surface area contributed by atoms with Crippen LogP contribution < -0.4 is 5.32 Å². The van der Waals surface area contributed by atoms with E-state index >= 15 is 0 Å². The normalized spacial score (nSPS) is 12.4. The van der Waals surface area contributed by atoms with Crippen LogP contribution in [0.25, 0.3) is 0 Å². The summed E-state index contributed by atoms with van der Waals surface area (Å²) in [6, 6.07) is 3.99. The Kier molecular flexibility index (Phi) is 7.07. The van der Waals surface area contributed by atoms with Crippen molar-refractivity contribution in [3.63, 3.8) is 0 Å². The minimum absolute atomic E-state index is 0.0261. The zero-order chi connectivity index (χ0) is 24.3. The maximum atomic E-state index is 12.4. The molecule has 0 fully saturated rings. The van der Waals surface area contributed by atoms with Crippen LogP contribution in [0.5, 0.6) is 0 Å². The van der Waals surface area contributed by atoms with Gasteiger partial charge >= 0.3 is 11.9 Å². The lowest BCUT2D eigenvalue weighted by Crippen LogP contribution is -2.29. The minimum Gasteiger partial charge on any atom is -0.462 e. The standard InChI is InChI=1S/C23H22N2O7S/c1-5-9-25-20(27)15-8-7-14(10-16(15)21(25)28)22(29)32-11-17(26)24-19-18(23(30)31-6-2)12(3)13(4)33-19/h5,7-8,10H,1,6,9,11H2,2-4H3,(H,24,26). The van der Waals surface area contributed by atoms with Crippen molar-refractivity contribution < 1.29 is 33.4 Å². The molecule has 1 N–H and O–H groups in total. The second-order valence-electron chi connectivity index (χ2n) is 7.10. The van der Waals surface area contributed by atoms with Gasteiger partial charge in [-0.1, -0.05) is 6.08 Å². The molecular weight excluding hydrogens is 448 g/mol. The number of nitrogens with zero attached hydrogens (tertiary/aromatic N) is 1. The first-order valence-electron chi connectivity index (χ1n) is 10.0. The number of hydrogen-bond acceptors (Lipinski definition) is 8. The van der Waals surface area contributed by atoms with Crippen LogP contribution in [0.4, 0.5) is 5.00 Å². The van der Waals surface area contributed by atoms with Crippen LogP contribution in [0.3, 0.4) is 0 Å². The summed E-state index contributed by atoms with van der Waals surface area (Å²) in [5, 5.41) is 2.89. The van der Waals surface area contributed by atoms with E-state index in [-0.39, 0.29) is 35.4 Å². The summed E-state index contributed by atoms with van der Waals surface area (Å²) in [4.78, 5) is 63.5. The molecule has 0 radical (unpaired) electrons. The first-order valence-corrected chi connectivity index (χ1v) is 10.9. The zero-order valence-electron chi connectivity index (χ0n) is 18.4. The lowest BCUT2D eigenvalue weighted by Gasteiger charge is -2.09. The molecule has 0 bridgehead atoms. The Hall–Kier alpha value is -3.79. The molecule has 3 amide bonds. The average molecular weight is 471 g/mol. The van der Waals surface area contributed by atoms with Crippen molar-refractivity contribution in [2.75, 3.05) is 25.1 Å². The molecule has 0 spiro atoms. The molecule has 0 atom stereocenters. The van der Waals surface area contributed by atoms with E-state index in [1.165, 1.54) is 35.6 Å². The highest BCUT2D eigenvalue weighted by atomic mass is 32.1. The summed E-state index contributed by atoms with van der Waals surface area (Å²) in [6.45, 7) is 8.41. The van der Waals surface area contributed by atoms with E-state index < -0.39 is 36.3 Å². The Morgan fingerprint density at radius 3 is 2.45 bits per heavy atom. The number of carbonyl (C=O) groups excluding carboxylic acids is 5. The Morgan fingerprint density at radius 2 is 1.79 bits per heavy atom. The monoisotopic (exact) mass is 470 g/mol. The molecule has 9 nitrogen and oxygen atoms in total. The Balaban J connectivity index is 1.67. The van der Waals surface area contributed by atoms with Gasteiger partial charge in [0.05, 0.1) is 28.9 Å². The number of imide groups is 1. The van der Waals surface area contributed by atoms with E-state index in [1.54, 1.807) is 13.8 Å². The van der Waals surface area contributed by atoms with Crippen molar-refractivity contribution >= 4 is 46.0 Å². The molecule has 0 unspecified atom stereocenters. The van der Waals surface area contributed by atoms with E-state index in [4.69, 9.17) is 9.47 Å². The molecule has 0 saturated carbocycles. The summed E-state index contributed by atoms with van der Waals surface area (Å²) < 4.78 is 10.1. The minimum atomic E-state index is -0.834. The number of rotatable bonds is 8. The van der Waals surface area contributed by atoms with Crippen molar-refractivity contribution in [2.24, 2.45) is 0 Å². The predicted octanol–water partition coefficient (Wildman–Crippen LogP) is 3.12. The Morgan fingerprint density at radius 1 is 1.09 bits per heavy atom. The average Bonchev–Trinajstić information content (AvgIpc) is 3.19. The van der Waals surface area contributed by atoms with Crippen molar-refractivity contribution in [1.29, 1.82) is 0 Å². The van der Waals surface area contributed by atoms with Gasteiger partial charge in [-0.3, -0.25) is 19.3 Å². The maximum absolute atomic E-state index is 12.4. The number of hydrogen-bond donors (Lipinski definition) is 1. The molecule has 2 aromatic rings. The molecule has 172 valence electrons. The fourth-order valence-corrected chi connectivity index (χ4v) is 4.32. The highest BCUT2D eigenvalue weighted by Gasteiger charge is 2.35. The van der Waals surface area contributed by atoms with E-state index in [9.17, 15) is 24.0 Å². The van der Waals surface area contributed by atoms with Gasteiger partial charge in [-0.25, -0.2) is 9.59 Å². The molecule has 33 heavy (non-hydrogen) atoms. The molecule has 1 aliphatic heterocycles. The van der Waals surface area contributed by atoms with E-state index in [1.807, 2.05) is 6.92 Å². The van der Waals surface area contributed by atoms with Crippen LogP contribution in [0, 0.1) is 13.8 Å². The highest BCUT2D eigenvalue weighted by molar-refractivity contribution is 7.16. The van der Waals surface area contributed by atoms with Crippen molar-refractivity contribution in [3.8, 4) is 0 Å².